The lowest BCUT2D eigenvalue weighted by molar-refractivity contribution is 0.199. The maximum atomic E-state index is 6.50. The molecule has 0 aromatic rings. The van der Waals surface area contributed by atoms with Crippen LogP contribution in [0.5, 0.6) is 0 Å². The zero-order valence-electron chi connectivity index (χ0n) is 11.0. The Hall–Kier alpha value is 0.270. The zero-order valence-corrected chi connectivity index (χ0v) is 11.8. The fraction of sp³-hybridized carbons (Fsp3) is 1.00. The Labute approximate surface area is 110 Å². The second kappa shape index (κ2) is 5.10. The standard InChI is InChI=1S/C14H26N2S/c1-16-4-5-17-9-14(16)13(15)8-12-7-10-2-3-11(12)6-10/h10-14H,2-9,15H2,1H3. The van der Waals surface area contributed by atoms with Gasteiger partial charge in [0.1, 0.15) is 0 Å². The minimum absolute atomic E-state index is 0.414. The van der Waals surface area contributed by atoms with Crippen molar-refractivity contribution in [2.75, 3.05) is 25.1 Å². The van der Waals surface area contributed by atoms with Crippen LogP contribution in [0.3, 0.4) is 0 Å². The molecule has 5 unspecified atom stereocenters. The fourth-order valence-corrected chi connectivity index (χ4v) is 5.65. The molecule has 3 fully saturated rings. The summed E-state index contributed by atoms with van der Waals surface area (Å²) >= 11 is 2.09. The molecule has 0 aromatic carbocycles. The summed E-state index contributed by atoms with van der Waals surface area (Å²) in [6.07, 6.45) is 7.30. The number of thioether (sulfide) groups is 1. The predicted octanol–water partition coefficient (Wildman–Crippen LogP) is 2.19. The van der Waals surface area contributed by atoms with E-state index in [1.54, 1.807) is 0 Å². The number of likely N-dealkylation sites (N-methyl/N-ethyl adjacent to an activating group) is 1. The number of nitrogens with two attached hydrogens (primary N) is 1. The van der Waals surface area contributed by atoms with Crippen LogP contribution in [0.15, 0.2) is 0 Å². The summed E-state index contributed by atoms with van der Waals surface area (Å²) in [6, 6.07) is 1.05. The molecule has 1 heterocycles. The van der Waals surface area contributed by atoms with Crippen LogP contribution in [-0.4, -0.2) is 42.1 Å². The molecule has 0 aromatic heterocycles. The lowest BCUT2D eigenvalue weighted by Crippen LogP contribution is -2.51. The number of hydrogen-bond donors (Lipinski definition) is 1. The summed E-state index contributed by atoms with van der Waals surface area (Å²) in [5.74, 6) is 5.60. The van der Waals surface area contributed by atoms with Crippen LogP contribution in [0.2, 0.25) is 0 Å². The molecule has 2 saturated carbocycles. The van der Waals surface area contributed by atoms with Crippen molar-refractivity contribution in [2.24, 2.45) is 23.5 Å². The summed E-state index contributed by atoms with van der Waals surface area (Å²) in [5.41, 5.74) is 6.50. The summed E-state index contributed by atoms with van der Waals surface area (Å²) < 4.78 is 0. The summed E-state index contributed by atoms with van der Waals surface area (Å²) in [4.78, 5) is 2.49. The van der Waals surface area contributed by atoms with Gasteiger partial charge in [-0.25, -0.2) is 0 Å². The van der Waals surface area contributed by atoms with E-state index in [9.17, 15) is 0 Å². The highest BCUT2D eigenvalue weighted by Crippen LogP contribution is 2.50. The topological polar surface area (TPSA) is 29.3 Å². The minimum atomic E-state index is 0.414. The summed E-state index contributed by atoms with van der Waals surface area (Å²) in [6.45, 7) is 1.22. The van der Waals surface area contributed by atoms with Crippen LogP contribution < -0.4 is 5.73 Å². The molecule has 1 aliphatic heterocycles. The maximum absolute atomic E-state index is 6.50. The summed E-state index contributed by atoms with van der Waals surface area (Å²) in [5, 5.41) is 0. The van der Waals surface area contributed by atoms with Gasteiger partial charge in [0.15, 0.2) is 0 Å². The quantitative estimate of drug-likeness (QED) is 0.837. The predicted molar refractivity (Wildman–Crippen MR) is 75.3 cm³/mol. The molecule has 17 heavy (non-hydrogen) atoms. The number of fused-ring (bicyclic) bond motifs is 2. The van der Waals surface area contributed by atoms with Crippen molar-refractivity contribution >= 4 is 11.8 Å². The van der Waals surface area contributed by atoms with Crippen molar-refractivity contribution in [2.45, 2.75) is 44.2 Å². The third kappa shape index (κ3) is 2.52. The van der Waals surface area contributed by atoms with Crippen LogP contribution in [-0.2, 0) is 0 Å². The third-order valence-electron chi connectivity index (χ3n) is 5.40. The van der Waals surface area contributed by atoms with Gasteiger partial charge in [-0.05, 0) is 50.5 Å². The Morgan fingerprint density at radius 1 is 1.35 bits per heavy atom. The van der Waals surface area contributed by atoms with Crippen molar-refractivity contribution in [1.29, 1.82) is 0 Å². The van der Waals surface area contributed by atoms with Gasteiger partial charge >= 0.3 is 0 Å². The van der Waals surface area contributed by atoms with Crippen molar-refractivity contribution in [3.8, 4) is 0 Å². The first-order valence-electron chi connectivity index (χ1n) is 7.27. The summed E-state index contributed by atoms with van der Waals surface area (Å²) in [7, 11) is 2.26. The van der Waals surface area contributed by atoms with Crippen LogP contribution in [0, 0.1) is 17.8 Å². The Balaban J connectivity index is 1.54. The van der Waals surface area contributed by atoms with Crippen molar-refractivity contribution in [3.63, 3.8) is 0 Å². The highest BCUT2D eigenvalue weighted by Gasteiger charge is 2.40. The zero-order chi connectivity index (χ0) is 11.8. The van der Waals surface area contributed by atoms with Gasteiger partial charge in [-0.1, -0.05) is 6.42 Å². The Morgan fingerprint density at radius 3 is 2.88 bits per heavy atom. The van der Waals surface area contributed by atoms with E-state index in [4.69, 9.17) is 5.73 Å². The average molecular weight is 254 g/mol. The molecule has 2 N–H and O–H groups in total. The molecule has 2 nitrogen and oxygen atoms in total. The van der Waals surface area contributed by atoms with E-state index in [0.29, 0.717) is 12.1 Å². The van der Waals surface area contributed by atoms with E-state index in [2.05, 4.69) is 23.7 Å². The molecule has 3 aliphatic rings. The van der Waals surface area contributed by atoms with Gasteiger partial charge in [0, 0.05) is 30.1 Å². The molecule has 5 atom stereocenters. The van der Waals surface area contributed by atoms with Crippen molar-refractivity contribution < 1.29 is 0 Å². The van der Waals surface area contributed by atoms with E-state index in [-0.39, 0.29) is 0 Å². The van der Waals surface area contributed by atoms with Gasteiger partial charge < -0.3 is 10.6 Å². The molecule has 1 saturated heterocycles. The Kier molecular flexibility index (Phi) is 3.69. The average Bonchev–Trinajstić information content (AvgIpc) is 2.91. The third-order valence-corrected chi connectivity index (χ3v) is 6.45. The van der Waals surface area contributed by atoms with E-state index in [0.717, 1.165) is 17.8 Å². The Bertz CT molecular complexity index is 271. The van der Waals surface area contributed by atoms with E-state index >= 15 is 0 Å². The van der Waals surface area contributed by atoms with E-state index in [1.165, 1.54) is 50.2 Å². The number of hydrogen-bond acceptors (Lipinski definition) is 3. The smallest absolute Gasteiger partial charge is 0.0335 e. The second-order valence-electron chi connectivity index (χ2n) is 6.46. The monoisotopic (exact) mass is 254 g/mol. The highest BCUT2D eigenvalue weighted by molar-refractivity contribution is 7.99. The van der Waals surface area contributed by atoms with Crippen molar-refractivity contribution in [3.05, 3.63) is 0 Å². The molecule has 2 aliphatic carbocycles. The van der Waals surface area contributed by atoms with Gasteiger partial charge in [0.25, 0.3) is 0 Å². The highest BCUT2D eigenvalue weighted by atomic mass is 32.2. The molecule has 0 radical (unpaired) electrons. The van der Waals surface area contributed by atoms with Crippen LogP contribution >= 0.6 is 11.8 Å². The molecule has 0 amide bonds. The van der Waals surface area contributed by atoms with Crippen molar-refractivity contribution in [1.82, 2.24) is 4.90 Å². The van der Waals surface area contributed by atoms with Gasteiger partial charge in [-0.15, -0.1) is 0 Å². The van der Waals surface area contributed by atoms with Crippen LogP contribution in [0.25, 0.3) is 0 Å². The molecule has 0 spiro atoms. The molecule has 3 rings (SSSR count). The molecular formula is C14H26N2S. The number of rotatable bonds is 3. The Morgan fingerprint density at radius 2 is 2.24 bits per heavy atom. The second-order valence-corrected chi connectivity index (χ2v) is 7.61. The van der Waals surface area contributed by atoms with Gasteiger partial charge in [-0.2, -0.15) is 11.8 Å². The first-order chi connectivity index (χ1) is 8.24. The molecular weight excluding hydrogens is 228 g/mol. The normalized spacial score (nSPS) is 44.1. The minimum Gasteiger partial charge on any atom is -0.326 e. The molecule has 3 heteroatoms. The first kappa shape index (κ1) is 12.3. The SMILES string of the molecule is CN1CCSCC1C(N)CC1CC2CCC1C2. The number of nitrogens with zero attached hydrogens (tertiary/aromatic N) is 1. The van der Waals surface area contributed by atoms with Crippen LogP contribution in [0.4, 0.5) is 0 Å². The van der Waals surface area contributed by atoms with E-state index in [1.807, 2.05) is 0 Å². The fourth-order valence-electron chi connectivity index (χ4n) is 4.33. The van der Waals surface area contributed by atoms with Crippen LogP contribution in [0.1, 0.15) is 32.1 Å². The lowest BCUT2D eigenvalue weighted by Gasteiger charge is -2.38. The van der Waals surface area contributed by atoms with Gasteiger partial charge in [0.2, 0.25) is 0 Å². The molecule has 2 bridgehead atoms. The van der Waals surface area contributed by atoms with Gasteiger partial charge in [-0.3, -0.25) is 0 Å². The maximum Gasteiger partial charge on any atom is 0.0335 e. The first-order valence-corrected chi connectivity index (χ1v) is 8.43. The van der Waals surface area contributed by atoms with Gasteiger partial charge in [0.05, 0.1) is 0 Å². The largest absolute Gasteiger partial charge is 0.326 e. The van der Waals surface area contributed by atoms with E-state index < -0.39 is 0 Å². The lowest BCUT2D eigenvalue weighted by atomic mass is 9.83. The molecule has 98 valence electrons.